The molecule has 1 aliphatic carbocycles. The van der Waals surface area contributed by atoms with E-state index in [0.717, 1.165) is 35.4 Å². The number of aromatic nitrogens is 3. The van der Waals surface area contributed by atoms with Crippen molar-refractivity contribution in [2.75, 3.05) is 18.2 Å². The Morgan fingerprint density at radius 1 is 1.27 bits per heavy atom. The lowest BCUT2D eigenvalue weighted by Gasteiger charge is -2.19. The van der Waals surface area contributed by atoms with E-state index in [0.29, 0.717) is 35.0 Å². The molecule has 1 aliphatic rings. The number of hydrogen-bond acceptors (Lipinski definition) is 7. The van der Waals surface area contributed by atoms with Crippen molar-refractivity contribution in [3.05, 3.63) is 52.5 Å². The predicted molar refractivity (Wildman–Crippen MR) is 126 cm³/mol. The summed E-state index contributed by atoms with van der Waals surface area (Å²) < 4.78 is 13.0. The Labute approximate surface area is 197 Å². The van der Waals surface area contributed by atoms with Crippen LogP contribution in [-0.4, -0.2) is 33.5 Å². The highest BCUT2D eigenvalue weighted by molar-refractivity contribution is 7.99. The van der Waals surface area contributed by atoms with Crippen LogP contribution in [0.15, 0.2) is 33.9 Å². The van der Waals surface area contributed by atoms with Crippen molar-refractivity contribution in [3.63, 3.8) is 0 Å². The minimum Gasteiger partial charge on any atom is -0.497 e. The average molecular weight is 466 g/mol. The first-order valence-electron chi connectivity index (χ1n) is 11.0. The smallest absolute Gasteiger partial charge is 0.277 e. The van der Waals surface area contributed by atoms with Gasteiger partial charge in [0.05, 0.1) is 24.8 Å². The molecule has 9 heteroatoms. The minimum absolute atomic E-state index is 0.114. The predicted octanol–water partition coefficient (Wildman–Crippen LogP) is 4.80. The number of carbonyl (C=O) groups is 1. The Balaban J connectivity index is 1.39. The Morgan fingerprint density at radius 2 is 2.00 bits per heavy atom. The number of nitriles is 1. The molecule has 0 saturated heterocycles. The zero-order chi connectivity index (χ0) is 23.4. The van der Waals surface area contributed by atoms with Gasteiger partial charge in [-0.25, -0.2) is 0 Å². The van der Waals surface area contributed by atoms with Crippen molar-refractivity contribution in [1.82, 2.24) is 14.8 Å². The van der Waals surface area contributed by atoms with Crippen LogP contribution in [-0.2, 0) is 11.2 Å². The maximum absolute atomic E-state index is 12.7. The third kappa shape index (κ3) is 5.06. The highest BCUT2D eigenvalue weighted by Gasteiger charge is 2.26. The van der Waals surface area contributed by atoms with Crippen LogP contribution in [0, 0.1) is 25.2 Å². The van der Waals surface area contributed by atoms with Gasteiger partial charge in [0.2, 0.25) is 11.8 Å². The number of amides is 1. The van der Waals surface area contributed by atoms with E-state index in [2.05, 4.69) is 26.2 Å². The van der Waals surface area contributed by atoms with Gasteiger partial charge in [-0.1, -0.05) is 36.7 Å². The number of rotatable bonds is 8. The lowest BCUT2D eigenvalue weighted by atomic mass is 10.1. The van der Waals surface area contributed by atoms with E-state index in [-0.39, 0.29) is 11.7 Å². The van der Waals surface area contributed by atoms with Gasteiger partial charge >= 0.3 is 0 Å². The minimum atomic E-state index is -0.205. The van der Waals surface area contributed by atoms with Crippen LogP contribution in [0.4, 0.5) is 5.82 Å². The van der Waals surface area contributed by atoms with E-state index in [1.54, 1.807) is 7.11 Å². The summed E-state index contributed by atoms with van der Waals surface area (Å²) in [6, 6.07) is 10.2. The number of hydrogen-bond donors (Lipinski definition) is 1. The molecule has 1 fully saturated rings. The quantitative estimate of drug-likeness (QED) is 0.476. The normalized spacial score (nSPS) is 13.8. The molecule has 0 bridgehead atoms. The maximum atomic E-state index is 12.7. The van der Waals surface area contributed by atoms with Crippen LogP contribution in [0.1, 0.15) is 60.0 Å². The highest BCUT2D eigenvalue weighted by atomic mass is 32.2. The molecular formula is C24H27N5O3S. The maximum Gasteiger partial charge on any atom is 0.277 e. The van der Waals surface area contributed by atoms with Crippen molar-refractivity contribution in [3.8, 4) is 11.8 Å². The van der Waals surface area contributed by atoms with Crippen molar-refractivity contribution >= 4 is 23.5 Å². The monoisotopic (exact) mass is 465 g/mol. The van der Waals surface area contributed by atoms with E-state index in [9.17, 15) is 10.1 Å². The summed E-state index contributed by atoms with van der Waals surface area (Å²) in [6.07, 6.45) is 4.97. The van der Waals surface area contributed by atoms with Crippen LogP contribution >= 0.6 is 11.8 Å². The van der Waals surface area contributed by atoms with Gasteiger partial charge in [0.15, 0.2) is 0 Å². The van der Waals surface area contributed by atoms with E-state index < -0.39 is 0 Å². The summed E-state index contributed by atoms with van der Waals surface area (Å²) in [5.41, 5.74) is 3.53. The van der Waals surface area contributed by atoms with Gasteiger partial charge < -0.3 is 19.0 Å². The fraction of sp³-hybridized carbons (Fsp3) is 0.417. The number of benzene rings is 1. The van der Waals surface area contributed by atoms with Crippen LogP contribution in [0.25, 0.3) is 0 Å². The molecule has 0 spiro atoms. The first-order chi connectivity index (χ1) is 16.0. The van der Waals surface area contributed by atoms with Gasteiger partial charge in [-0.2, -0.15) is 5.26 Å². The SMILES string of the molecule is COc1ccc(Cc2nnc(SCC(=O)Nc3c(C#N)c(C)c(C)n3C3CCCC3)o2)cc1. The molecule has 1 N–H and O–H groups in total. The summed E-state index contributed by atoms with van der Waals surface area (Å²) >= 11 is 1.18. The molecule has 1 amide bonds. The van der Waals surface area contributed by atoms with Gasteiger partial charge in [0, 0.05) is 11.7 Å². The highest BCUT2D eigenvalue weighted by Crippen LogP contribution is 2.37. The lowest BCUT2D eigenvalue weighted by Crippen LogP contribution is -2.19. The van der Waals surface area contributed by atoms with E-state index in [1.165, 1.54) is 24.6 Å². The average Bonchev–Trinajstić information content (AvgIpc) is 3.55. The second-order valence-electron chi connectivity index (χ2n) is 8.18. The molecule has 2 aromatic heterocycles. The topological polar surface area (TPSA) is 106 Å². The van der Waals surface area contributed by atoms with Gasteiger partial charge in [-0.05, 0) is 49.9 Å². The van der Waals surface area contributed by atoms with Crippen molar-refractivity contribution < 1.29 is 13.9 Å². The molecule has 0 aliphatic heterocycles. The zero-order valence-corrected chi connectivity index (χ0v) is 19.9. The summed E-state index contributed by atoms with van der Waals surface area (Å²) in [7, 11) is 1.63. The van der Waals surface area contributed by atoms with Gasteiger partial charge in [0.25, 0.3) is 5.22 Å². The van der Waals surface area contributed by atoms with Crippen LogP contribution < -0.4 is 10.1 Å². The van der Waals surface area contributed by atoms with Crippen LogP contribution in [0.5, 0.6) is 5.75 Å². The molecule has 1 saturated carbocycles. The molecule has 33 heavy (non-hydrogen) atoms. The van der Waals surface area contributed by atoms with Gasteiger partial charge in [0.1, 0.15) is 17.6 Å². The third-order valence-electron chi connectivity index (χ3n) is 6.11. The molecular weight excluding hydrogens is 438 g/mol. The van der Waals surface area contributed by atoms with Crippen LogP contribution in [0.3, 0.4) is 0 Å². The number of nitrogens with one attached hydrogen (secondary N) is 1. The number of anilines is 1. The Hall–Kier alpha value is -3.25. The fourth-order valence-electron chi connectivity index (χ4n) is 4.29. The fourth-order valence-corrected chi connectivity index (χ4v) is 4.87. The molecule has 1 aromatic carbocycles. The first-order valence-corrected chi connectivity index (χ1v) is 12.0. The molecule has 4 rings (SSSR count). The second kappa shape index (κ2) is 10.1. The van der Waals surface area contributed by atoms with E-state index in [4.69, 9.17) is 9.15 Å². The number of methoxy groups -OCH3 is 1. The summed E-state index contributed by atoms with van der Waals surface area (Å²) in [6.45, 7) is 3.95. The standard InChI is InChI=1S/C24H27N5O3S/c1-15-16(2)29(18-6-4-5-7-18)23(20(15)13-25)26-21(30)14-33-24-28-27-22(32-24)12-17-8-10-19(31-3)11-9-17/h8-11,18H,4-7,12,14H2,1-3H3,(H,26,30). The zero-order valence-electron chi connectivity index (χ0n) is 19.1. The lowest BCUT2D eigenvalue weighted by molar-refractivity contribution is -0.113. The van der Waals surface area contributed by atoms with Crippen molar-refractivity contribution in [1.29, 1.82) is 5.26 Å². The van der Waals surface area contributed by atoms with Crippen molar-refractivity contribution in [2.24, 2.45) is 0 Å². The first kappa shape index (κ1) is 22.9. The summed E-state index contributed by atoms with van der Waals surface area (Å²) in [5, 5.41) is 21.1. The Morgan fingerprint density at radius 3 is 2.67 bits per heavy atom. The third-order valence-corrected chi connectivity index (χ3v) is 6.92. The molecule has 172 valence electrons. The summed E-state index contributed by atoms with van der Waals surface area (Å²) in [5.74, 6) is 1.79. The number of thioether (sulfide) groups is 1. The van der Waals surface area contributed by atoms with Gasteiger partial charge in [-0.15, -0.1) is 10.2 Å². The van der Waals surface area contributed by atoms with Crippen LogP contribution in [0.2, 0.25) is 0 Å². The Kier molecular flexibility index (Phi) is 7.04. The Bertz CT molecular complexity index is 1170. The van der Waals surface area contributed by atoms with Gasteiger partial charge in [-0.3, -0.25) is 4.79 Å². The van der Waals surface area contributed by atoms with E-state index >= 15 is 0 Å². The molecule has 8 nitrogen and oxygen atoms in total. The number of carbonyl (C=O) groups excluding carboxylic acids is 1. The second-order valence-corrected chi connectivity index (χ2v) is 9.10. The molecule has 2 heterocycles. The molecule has 0 atom stereocenters. The largest absolute Gasteiger partial charge is 0.497 e. The number of ether oxygens (including phenoxy) is 1. The number of nitrogens with zero attached hydrogens (tertiary/aromatic N) is 4. The van der Waals surface area contributed by atoms with E-state index in [1.807, 2.05) is 38.1 Å². The summed E-state index contributed by atoms with van der Waals surface area (Å²) in [4.78, 5) is 12.7. The molecule has 0 radical (unpaired) electrons. The molecule has 0 unspecified atom stereocenters. The molecule has 3 aromatic rings. The van der Waals surface area contributed by atoms with Crippen molar-refractivity contribution in [2.45, 2.75) is 57.2 Å².